The number of hydrogen-bond acceptors (Lipinski definition) is 2. The van der Waals surface area contributed by atoms with Gasteiger partial charge in [-0.3, -0.25) is 4.79 Å². The number of likely N-dealkylation sites (tertiary alicyclic amines) is 1. The molecular weight excluding hydrogens is 310 g/mol. The van der Waals surface area contributed by atoms with E-state index in [2.05, 4.69) is 53.9 Å². The van der Waals surface area contributed by atoms with Crippen molar-refractivity contribution in [3.05, 3.63) is 59.4 Å². The maximum Gasteiger partial charge on any atom is 0.244 e. The van der Waals surface area contributed by atoms with Crippen LogP contribution < -0.4 is 5.32 Å². The minimum Gasteiger partial charge on any atom is -0.350 e. The lowest BCUT2D eigenvalue weighted by Gasteiger charge is -2.29. The van der Waals surface area contributed by atoms with E-state index in [9.17, 15) is 4.79 Å². The van der Waals surface area contributed by atoms with Gasteiger partial charge in [-0.1, -0.05) is 18.2 Å². The molecule has 1 aromatic carbocycles. The summed E-state index contributed by atoms with van der Waals surface area (Å²) in [5.41, 5.74) is 4.54. The smallest absolute Gasteiger partial charge is 0.244 e. The first-order valence-electron chi connectivity index (χ1n) is 8.96. The van der Waals surface area contributed by atoms with Gasteiger partial charge >= 0.3 is 0 Å². The van der Waals surface area contributed by atoms with Crippen LogP contribution in [-0.2, 0) is 4.79 Å². The van der Waals surface area contributed by atoms with Crippen LogP contribution in [0.4, 0.5) is 0 Å². The van der Waals surface area contributed by atoms with Crippen molar-refractivity contribution in [1.29, 1.82) is 0 Å². The molecule has 0 aliphatic carbocycles. The molecule has 0 unspecified atom stereocenters. The number of aromatic nitrogens is 1. The second kappa shape index (κ2) is 7.70. The molecule has 0 saturated carbocycles. The Morgan fingerprint density at radius 3 is 2.52 bits per heavy atom. The largest absolute Gasteiger partial charge is 0.350 e. The highest BCUT2D eigenvalue weighted by atomic mass is 16.1. The van der Waals surface area contributed by atoms with Gasteiger partial charge in [-0.15, -0.1) is 0 Å². The molecule has 1 fully saturated rings. The van der Waals surface area contributed by atoms with Gasteiger partial charge in [0.2, 0.25) is 5.91 Å². The van der Waals surface area contributed by atoms with E-state index >= 15 is 0 Å². The van der Waals surface area contributed by atoms with Crippen LogP contribution in [0, 0.1) is 13.8 Å². The summed E-state index contributed by atoms with van der Waals surface area (Å²) in [4.78, 5) is 14.5. The fourth-order valence-electron chi connectivity index (χ4n) is 3.50. The maximum atomic E-state index is 12.2. The lowest BCUT2D eigenvalue weighted by Crippen LogP contribution is -2.42. The average molecular weight is 337 g/mol. The Balaban J connectivity index is 1.68. The monoisotopic (exact) mass is 337 g/mol. The van der Waals surface area contributed by atoms with Gasteiger partial charge in [-0.2, -0.15) is 0 Å². The van der Waals surface area contributed by atoms with Crippen LogP contribution in [0.1, 0.15) is 29.8 Å². The number of aryl methyl sites for hydroxylation is 1. The second-order valence-corrected chi connectivity index (χ2v) is 6.92. The van der Waals surface area contributed by atoms with Crippen LogP contribution in [-0.4, -0.2) is 41.6 Å². The normalized spacial score (nSPS) is 16.4. The summed E-state index contributed by atoms with van der Waals surface area (Å²) in [5.74, 6) is -0.000864. The first-order chi connectivity index (χ1) is 12.0. The fraction of sp³-hybridized carbons (Fsp3) is 0.381. The topological polar surface area (TPSA) is 37.3 Å². The number of nitrogens with one attached hydrogen (secondary N) is 1. The summed E-state index contributed by atoms with van der Waals surface area (Å²) < 4.78 is 2.22. The summed E-state index contributed by atoms with van der Waals surface area (Å²) in [6.07, 6.45) is 5.64. The van der Waals surface area contributed by atoms with Crippen molar-refractivity contribution in [2.45, 2.75) is 32.7 Å². The Bertz CT molecular complexity index is 753. The molecule has 0 spiro atoms. The molecule has 1 aromatic heterocycles. The number of amides is 1. The van der Waals surface area contributed by atoms with E-state index in [-0.39, 0.29) is 5.91 Å². The van der Waals surface area contributed by atoms with E-state index in [0.717, 1.165) is 42.9 Å². The van der Waals surface area contributed by atoms with Gasteiger partial charge in [-0.05, 0) is 76.7 Å². The minimum absolute atomic E-state index is 0.000864. The Hall–Kier alpha value is -2.33. The SMILES string of the molecule is Cc1cc(C=CC(=O)NC2CCN(C)CC2)c(C)n1-c1ccccc1. The Kier molecular flexibility index (Phi) is 5.39. The summed E-state index contributed by atoms with van der Waals surface area (Å²) >= 11 is 0. The Morgan fingerprint density at radius 2 is 1.84 bits per heavy atom. The maximum absolute atomic E-state index is 12.2. The van der Waals surface area contributed by atoms with Gasteiger partial charge in [0.05, 0.1) is 0 Å². The second-order valence-electron chi connectivity index (χ2n) is 6.92. The highest BCUT2D eigenvalue weighted by Gasteiger charge is 2.17. The zero-order valence-electron chi connectivity index (χ0n) is 15.3. The van der Waals surface area contributed by atoms with Crippen LogP contribution >= 0.6 is 0 Å². The predicted molar refractivity (Wildman–Crippen MR) is 103 cm³/mol. The van der Waals surface area contributed by atoms with E-state index in [1.54, 1.807) is 6.08 Å². The third-order valence-corrected chi connectivity index (χ3v) is 4.96. The molecule has 0 bridgehead atoms. The number of carbonyl (C=O) groups excluding carboxylic acids is 1. The molecule has 2 aromatic rings. The number of nitrogens with zero attached hydrogens (tertiary/aromatic N) is 2. The van der Waals surface area contributed by atoms with Crippen molar-refractivity contribution >= 4 is 12.0 Å². The van der Waals surface area contributed by atoms with Crippen LogP contribution in [0.3, 0.4) is 0 Å². The summed E-state index contributed by atoms with van der Waals surface area (Å²) in [7, 11) is 2.13. The van der Waals surface area contributed by atoms with Crippen molar-refractivity contribution in [2.75, 3.05) is 20.1 Å². The highest BCUT2D eigenvalue weighted by Crippen LogP contribution is 2.21. The number of piperidine rings is 1. The molecule has 1 saturated heterocycles. The number of carbonyl (C=O) groups is 1. The summed E-state index contributed by atoms with van der Waals surface area (Å²) in [6.45, 7) is 6.28. The lowest BCUT2D eigenvalue weighted by molar-refractivity contribution is -0.117. The van der Waals surface area contributed by atoms with E-state index < -0.39 is 0 Å². The molecule has 4 heteroatoms. The molecule has 0 atom stereocenters. The number of hydrogen-bond donors (Lipinski definition) is 1. The van der Waals surface area contributed by atoms with Crippen LogP contribution in [0.15, 0.2) is 42.5 Å². The third-order valence-electron chi connectivity index (χ3n) is 4.96. The summed E-state index contributed by atoms with van der Waals surface area (Å²) in [5, 5.41) is 3.12. The zero-order chi connectivity index (χ0) is 17.8. The first kappa shape index (κ1) is 17.5. The number of para-hydroxylation sites is 1. The average Bonchev–Trinajstić information content (AvgIpc) is 2.89. The highest BCUT2D eigenvalue weighted by molar-refractivity contribution is 5.92. The van der Waals surface area contributed by atoms with E-state index in [0.29, 0.717) is 6.04 Å². The summed E-state index contributed by atoms with van der Waals surface area (Å²) in [6, 6.07) is 12.7. The molecule has 2 heterocycles. The molecule has 1 amide bonds. The molecular formula is C21H27N3O. The van der Waals surface area contributed by atoms with Gasteiger partial charge < -0.3 is 14.8 Å². The Labute approximate surface area is 150 Å². The Morgan fingerprint density at radius 1 is 1.16 bits per heavy atom. The molecule has 132 valence electrons. The standard InChI is InChI=1S/C21H27N3O/c1-16-15-18(17(2)24(16)20-7-5-4-6-8-20)9-10-21(25)22-19-11-13-23(3)14-12-19/h4-10,15,19H,11-14H2,1-3H3,(H,22,25). The molecule has 25 heavy (non-hydrogen) atoms. The molecule has 0 radical (unpaired) electrons. The molecule has 1 N–H and O–H groups in total. The first-order valence-corrected chi connectivity index (χ1v) is 8.96. The fourth-order valence-corrected chi connectivity index (χ4v) is 3.50. The molecule has 1 aliphatic heterocycles. The number of rotatable bonds is 4. The lowest BCUT2D eigenvalue weighted by atomic mass is 10.1. The zero-order valence-corrected chi connectivity index (χ0v) is 15.3. The van der Waals surface area contributed by atoms with Crippen molar-refractivity contribution in [2.24, 2.45) is 0 Å². The van der Waals surface area contributed by atoms with Crippen LogP contribution in [0.25, 0.3) is 11.8 Å². The van der Waals surface area contributed by atoms with Crippen LogP contribution in [0.2, 0.25) is 0 Å². The van der Waals surface area contributed by atoms with Gasteiger partial charge in [0, 0.05) is 29.2 Å². The quantitative estimate of drug-likeness (QED) is 0.869. The van der Waals surface area contributed by atoms with Crippen molar-refractivity contribution in [3.63, 3.8) is 0 Å². The van der Waals surface area contributed by atoms with Crippen molar-refractivity contribution < 1.29 is 4.79 Å². The van der Waals surface area contributed by atoms with Gasteiger partial charge in [0.25, 0.3) is 0 Å². The van der Waals surface area contributed by atoms with Crippen molar-refractivity contribution in [1.82, 2.24) is 14.8 Å². The minimum atomic E-state index is -0.000864. The van der Waals surface area contributed by atoms with E-state index in [4.69, 9.17) is 0 Å². The van der Waals surface area contributed by atoms with E-state index in [1.807, 2.05) is 24.3 Å². The molecule has 3 rings (SSSR count). The third kappa shape index (κ3) is 4.20. The molecule has 1 aliphatic rings. The van der Waals surface area contributed by atoms with Crippen molar-refractivity contribution in [3.8, 4) is 5.69 Å². The van der Waals surface area contributed by atoms with Gasteiger partial charge in [0.15, 0.2) is 0 Å². The van der Waals surface area contributed by atoms with E-state index in [1.165, 1.54) is 5.69 Å². The van der Waals surface area contributed by atoms with Crippen LogP contribution in [0.5, 0.6) is 0 Å². The van der Waals surface area contributed by atoms with Gasteiger partial charge in [-0.25, -0.2) is 0 Å². The number of benzene rings is 1. The molecule has 4 nitrogen and oxygen atoms in total. The predicted octanol–water partition coefficient (Wildman–Crippen LogP) is 3.32. The van der Waals surface area contributed by atoms with Gasteiger partial charge in [0.1, 0.15) is 0 Å².